The van der Waals surface area contributed by atoms with Gasteiger partial charge in [-0.05, 0) is 43.7 Å². The molecule has 2 amide bonds. The van der Waals surface area contributed by atoms with Gasteiger partial charge < -0.3 is 10.2 Å². The Hall–Kier alpha value is -3.15. The predicted octanol–water partition coefficient (Wildman–Crippen LogP) is 3.12. The molecule has 146 valence electrons. The number of nitrogens with one attached hydrogen (secondary N) is 1. The van der Waals surface area contributed by atoms with Crippen molar-refractivity contribution in [1.29, 1.82) is 0 Å². The molecule has 0 aliphatic carbocycles. The maximum Gasteiger partial charge on any atom is 0.267 e. The van der Waals surface area contributed by atoms with E-state index in [0.29, 0.717) is 30.9 Å². The number of aryl methyl sites for hydroxylation is 1. The van der Waals surface area contributed by atoms with Crippen LogP contribution in [-0.2, 0) is 9.59 Å². The molecule has 3 rings (SSSR count). The molecule has 0 unspecified atom stereocenters. The van der Waals surface area contributed by atoms with E-state index in [2.05, 4.69) is 47.4 Å². The van der Waals surface area contributed by atoms with Crippen molar-refractivity contribution in [1.82, 2.24) is 5.32 Å². The zero-order valence-corrected chi connectivity index (χ0v) is 16.4. The van der Waals surface area contributed by atoms with Crippen LogP contribution in [0, 0.1) is 6.92 Å². The summed E-state index contributed by atoms with van der Waals surface area (Å²) in [7, 11) is 0. The lowest BCUT2D eigenvalue weighted by molar-refractivity contribution is -0.118. The highest BCUT2D eigenvalue weighted by molar-refractivity contribution is 6.40. The standard InChI is InChI=1S/C22H26N4O2/c1-3-25(19-11-7-8-17(2)16-19)15-14-23-22(28)20-12-13-21(27)26(24-20)18-9-5-4-6-10-18/h4-11,16H,3,12-15H2,1-2H3,(H,23,28). The number of para-hydroxylation sites is 1. The van der Waals surface area contributed by atoms with E-state index < -0.39 is 0 Å². The quantitative estimate of drug-likeness (QED) is 0.805. The average Bonchev–Trinajstić information content (AvgIpc) is 2.72. The molecule has 0 spiro atoms. The highest BCUT2D eigenvalue weighted by atomic mass is 16.2. The summed E-state index contributed by atoms with van der Waals surface area (Å²) in [4.78, 5) is 26.9. The zero-order chi connectivity index (χ0) is 19.9. The molecular weight excluding hydrogens is 352 g/mol. The fraction of sp³-hybridized carbons (Fsp3) is 0.318. The summed E-state index contributed by atoms with van der Waals surface area (Å²) in [6.45, 7) is 6.24. The molecule has 0 aromatic heterocycles. The summed E-state index contributed by atoms with van der Waals surface area (Å²) in [5.41, 5.74) is 3.42. The van der Waals surface area contributed by atoms with Crippen LogP contribution in [0.5, 0.6) is 0 Å². The maximum absolute atomic E-state index is 12.5. The van der Waals surface area contributed by atoms with Gasteiger partial charge in [-0.2, -0.15) is 5.10 Å². The smallest absolute Gasteiger partial charge is 0.267 e. The fourth-order valence-corrected chi connectivity index (χ4v) is 3.19. The molecule has 0 saturated heterocycles. The molecule has 0 radical (unpaired) electrons. The molecule has 0 atom stereocenters. The van der Waals surface area contributed by atoms with Crippen LogP contribution in [0.25, 0.3) is 0 Å². The predicted molar refractivity (Wildman–Crippen MR) is 113 cm³/mol. The van der Waals surface area contributed by atoms with Gasteiger partial charge in [-0.1, -0.05) is 30.3 Å². The van der Waals surface area contributed by atoms with E-state index in [9.17, 15) is 9.59 Å². The monoisotopic (exact) mass is 378 g/mol. The Morgan fingerprint density at radius 3 is 2.64 bits per heavy atom. The molecule has 6 heteroatoms. The van der Waals surface area contributed by atoms with Crippen LogP contribution < -0.4 is 15.2 Å². The number of hydrazone groups is 1. The first-order valence-corrected chi connectivity index (χ1v) is 9.63. The number of nitrogens with zero attached hydrogens (tertiary/aromatic N) is 3. The number of carbonyl (C=O) groups excluding carboxylic acids is 2. The van der Waals surface area contributed by atoms with E-state index in [0.717, 1.165) is 12.2 Å². The first-order valence-electron chi connectivity index (χ1n) is 9.63. The highest BCUT2D eigenvalue weighted by Crippen LogP contribution is 2.19. The minimum Gasteiger partial charge on any atom is -0.370 e. The van der Waals surface area contributed by atoms with E-state index in [1.54, 1.807) is 0 Å². The van der Waals surface area contributed by atoms with Gasteiger partial charge in [0.05, 0.1) is 5.69 Å². The number of rotatable bonds is 7. The van der Waals surface area contributed by atoms with Crippen molar-refractivity contribution < 1.29 is 9.59 Å². The summed E-state index contributed by atoms with van der Waals surface area (Å²) in [5, 5.41) is 8.56. The number of hydrogen-bond acceptors (Lipinski definition) is 4. The number of amides is 2. The van der Waals surface area contributed by atoms with Crippen molar-refractivity contribution >= 4 is 28.9 Å². The third-order valence-electron chi connectivity index (χ3n) is 4.71. The van der Waals surface area contributed by atoms with Crippen LogP contribution >= 0.6 is 0 Å². The second kappa shape index (κ2) is 9.17. The normalized spacial score (nSPS) is 13.9. The molecule has 1 aliphatic rings. The molecule has 6 nitrogen and oxygen atoms in total. The lowest BCUT2D eigenvalue weighted by Crippen LogP contribution is -2.41. The third kappa shape index (κ3) is 4.76. The van der Waals surface area contributed by atoms with Gasteiger partial charge in [-0.3, -0.25) is 9.59 Å². The Morgan fingerprint density at radius 2 is 1.93 bits per heavy atom. The number of carbonyl (C=O) groups is 2. The number of anilines is 2. The Balaban J connectivity index is 1.60. The molecule has 1 N–H and O–H groups in total. The van der Waals surface area contributed by atoms with Crippen molar-refractivity contribution in [3.8, 4) is 0 Å². The van der Waals surface area contributed by atoms with Crippen LogP contribution in [-0.4, -0.2) is 37.2 Å². The molecule has 1 aliphatic heterocycles. The van der Waals surface area contributed by atoms with E-state index in [4.69, 9.17) is 0 Å². The van der Waals surface area contributed by atoms with Gasteiger partial charge in [0, 0.05) is 38.2 Å². The molecular formula is C22H26N4O2. The van der Waals surface area contributed by atoms with Crippen LogP contribution in [0.3, 0.4) is 0 Å². The lowest BCUT2D eigenvalue weighted by atomic mass is 10.1. The molecule has 2 aromatic carbocycles. The molecule has 0 bridgehead atoms. The van der Waals surface area contributed by atoms with Crippen LogP contribution in [0.1, 0.15) is 25.3 Å². The van der Waals surface area contributed by atoms with Gasteiger partial charge in [0.25, 0.3) is 5.91 Å². The Morgan fingerprint density at radius 1 is 1.14 bits per heavy atom. The lowest BCUT2D eigenvalue weighted by Gasteiger charge is -2.25. The maximum atomic E-state index is 12.5. The van der Waals surface area contributed by atoms with E-state index in [1.807, 2.05) is 36.4 Å². The molecule has 1 heterocycles. The molecule has 28 heavy (non-hydrogen) atoms. The average molecular weight is 378 g/mol. The summed E-state index contributed by atoms with van der Waals surface area (Å²) in [6, 6.07) is 17.5. The summed E-state index contributed by atoms with van der Waals surface area (Å²) in [5.74, 6) is -0.312. The van der Waals surface area contributed by atoms with Gasteiger partial charge in [0.15, 0.2) is 0 Å². The van der Waals surface area contributed by atoms with Crippen molar-refractivity contribution in [3.63, 3.8) is 0 Å². The highest BCUT2D eigenvalue weighted by Gasteiger charge is 2.25. The van der Waals surface area contributed by atoms with Gasteiger partial charge in [0.2, 0.25) is 5.91 Å². The SMILES string of the molecule is CCN(CCNC(=O)C1=NN(c2ccccc2)C(=O)CC1)c1cccc(C)c1. The van der Waals surface area contributed by atoms with Crippen LogP contribution in [0.4, 0.5) is 11.4 Å². The Kier molecular flexibility index (Phi) is 6.42. The van der Waals surface area contributed by atoms with E-state index >= 15 is 0 Å². The van der Waals surface area contributed by atoms with Crippen molar-refractivity contribution in [3.05, 3.63) is 60.2 Å². The summed E-state index contributed by atoms with van der Waals surface area (Å²) >= 11 is 0. The Bertz CT molecular complexity index is 864. The van der Waals surface area contributed by atoms with Crippen molar-refractivity contribution in [2.24, 2.45) is 5.10 Å². The van der Waals surface area contributed by atoms with E-state index in [-0.39, 0.29) is 18.2 Å². The van der Waals surface area contributed by atoms with Crippen molar-refractivity contribution in [2.45, 2.75) is 26.7 Å². The molecule has 0 fully saturated rings. The fourth-order valence-electron chi connectivity index (χ4n) is 3.19. The van der Waals surface area contributed by atoms with Gasteiger partial charge in [0.1, 0.15) is 5.71 Å². The number of hydrogen-bond donors (Lipinski definition) is 1. The second-order valence-electron chi connectivity index (χ2n) is 6.76. The van der Waals surface area contributed by atoms with Crippen LogP contribution in [0.15, 0.2) is 59.7 Å². The minimum atomic E-state index is -0.214. The first-order chi connectivity index (χ1) is 13.6. The van der Waals surface area contributed by atoms with Gasteiger partial charge in [-0.25, -0.2) is 5.01 Å². The van der Waals surface area contributed by atoms with Gasteiger partial charge in [-0.15, -0.1) is 0 Å². The van der Waals surface area contributed by atoms with Gasteiger partial charge >= 0.3 is 0 Å². The number of likely N-dealkylation sites (N-methyl/N-ethyl adjacent to an activating group) is 1. The summed E-state index contributed by atoms with van der Waals surface area (Å²) < 4.78 is 0. The summed E-state index contributed by atoms with van der Waals surface area (Å²) in [6.07, 6.45) is 0.648. The molecule has 0 saturated carbocycles. The zero-order valence-electron chi connectivity index (χ0n) is 16.4. The van der Waals surface area contributed by atoms with E-state index in [1.165, 1.54) is 10.6 Å². The third-order valence-corrected chi connectivity index (χ3v) is 4.71. The largest absolute Gasteiger partial charge is 0.370 e. The van der Waals surface area contributed by atoms with Crippen LogP contribution in [0.2, 0.25) is 0 Å². The topological polar surface area (TPSA) is 65.0 Å². The minimum absolute atomic E-state index is 0.0978. The second-order valence-corrected chi connectivity index (χ2v) is 6.76. The number of benzene rings is 2. The van der Waals surface area contributed by atoms with Crippen molar-refractivity contribution in [2.75, 3.05) is 29.5 Å². The Labute approximate surface area is 165 Å². The molecule has 2 aromatic rings. The first kappa shape index (κ1) is 19.6.